The highest BCUT2D eigenvalue weighted by molar-refractivity contribution is 5.29. The third-order valence-corrected chi connectivity index (χ3v) is 4.45. The second kappa shape index (κ2) is 5.53. The average Bonchev–Trinajstić information content (AvgIpc) is 2.98. The molecule has 2 fully saturated rings. The van der Waals surface area contributed by atoms with Crippen molar-refractivity contribution in [1.82, 2.24) is 14.5 Å². The van der Waals surface area contributed by atoms with Gasteiger partial charge in [0.2, 0.25) is 5.95 Å². The molecule has 106 valence electrons. The van der Waals surface area contributed by atoms with Gasteiger partial charge in [0.1, 0.15) is 0 Å². The fourth-order valence-corrected chi connectivity index (χ4v) is 3.57. The first-order chi connectivity index (χ1) is 9.24. The first-order valence-corrected chi connectivity index (χ1v) is 7.76. The molecule has 0 aliphatic carbocycles. The van der Waals surface area contributed by atoms with Gasteiger partial charge in [0.05, 0.1) is 0 Å². The quantitative estimate of drug-likeness (QED) is 0.905. The minimum absolute atomic E-state index is 0.591. The smallest absolute Gasteiger partial charge is 0.203 e. The molecular formula is C15H26N4. The molecule has 2 aliphatic rings. The second-order valence-corrected chi connectivity index (χ2v) is 6.44. The number of hydrogen-bond acceptors (Lipinski definition) is 3. The number of fused-ring (bicyclic) bond motifs is 1. The molecule has 2 aliphatic heterocycles. The van der Waals surface area contributed by atoms with Crippen LogP contribution in [0.15, 0.2) is 12.4 Å². The van der Waals surface area contributed by atoms with Crippen LogP contribution < -0.4 is 5.32 Å². The van der Waals surface area contributed by atoms with Crippen LogP contribution in [0.5, 0.6) is 0 Å². The van der Waals surface area contributed by atoms with E-state index in [4.69, 9.17) is 0 Å². The lowest BCUT2D eigenvalue weighted by atomic mass is 9.99. The highest BCUT2D eigenvalue weighted by Crippen LogP contribution is 2.29. The molecule has 0 amide bonds. The molecule has 1 N–H and O–H groups in total. The highest BCUT2D eigenvalue weighted by atomic mass is 15.3. The molecule has 2 atom stereocenters. The van der Waals surface area contributed by atoms with Gasteiger partial charge in [0.25, 0.3) is 0 Å². The summed E-state index contributed by atoms with van der Waals surface area (Å²) in [7, 11) is 0. The number of piperidine rings is 1. The van der Waals surface area contributed by atoms with Gasteiger partial charge in [-0.3, -0.25) is 4.90 Å². The zero-order valence-electron chi connectivity index (χ0n) is 12.2. The Morgan fingerprint density at radius 3 is 3.05 bits per heavy atom. The summed E-state index contributed by atoms with van der Waals surface area (Å²) in [5.74, 6) is 1.72. The van der Waals surface area contributed by atoms with Gasteiger partial charge in [-0.15, -0.1) is 0 Å². The maximum absolute atomic E-state index is 4.50. The van der Waals surface area contributed by atoms with Gasteiger partial charge in [0, 0.05) is 37.6 Å². The molecule has 0 radical (unpaired) electrons. The van der Waals surface area contributed by atoms with Crippen molar-refractivity contribution < 1.29 is 0 Å². The number of nitrogens with one attached hydrogen (secondary N) is 1. The van der Waals surface area contributed by atoms with Crippen molar-refractivity contribution in [1.29, 1.82) is 0 Å². The van der Waals surface area contributed by atoms with Gasteiger partial charge in [0.15, 0.2) is 0 Å². The number of aromatic nitrogens is 2. The van der Waals surface area contributed by atoms with Crippen molar-refractivity contribution in [2.45, 2.75) is 58.2 Å². The molecule has 2 unspecified atom stereocenters. The molecule has 0 spiro atoms. The summed E-state index contributed by atoms with van der Waals surface area (Å²) in [6.45, 7) is 8.10. The SMILES string of the molecule is CC(C)Cn1ccnc1NC1CCN2CCCCC12. The first kappa shape index (κ1) is 13.0. The van der Waals surface area contributed by atoms with E-state index in [0.717, 1.165) is 18.5 Å². The van der Waals surface area contributed by atoms with Crippen LogP contribution in [0.25, 0.3) is 0 Å². The third-order valence-electron chi connectivity index (χ3n) is 4.45. The number of rotatable bonds is 4. The van der Waals surface area contributed by atoms with E-state index in [9.17, 15) is 0 Å². The van der Waals surface area contributed by atoms with Gasteiger partial charge < -0.3 is 9.88 Å². The summed E-state index contributed by atoms with van der Waals surface area (Å²) < 4.78 is 2.26. The predicted octanol–water partition coefficient (Wildman–Crippen LogP) is 2.58. The summed E-state index contributed by atoms with van der Waals surface area (Å²) in [4.78, 5) is 7.17. The number of nitrogens with zero attached hydrogens (tertiary/aromatic N) is 3. The topological polar surface area (TPSA) is 33.1 Å². The van der Waals surface area contributed by atoms with Gasteiger partial charge in [-0.25, -0.2) is 4.98 Å². The maximum atomic E-state index is 4.50. The molecular weight excluding hydrogens is 236 g/mol. The molecule has 1 aromatic rings. The lowest BCUT2D eigenvalue weighted by Crippen LogP contribution is -2.42. The highest BCUT2D eigenvalue weighted by Gasteiger charge is 2.35. The van der Waals surface area contributed by atoms with E-state index in [1.165, 1.54) is 38.8 Å². The Bertz CT molecular complexity index is 412. The minimum atomic E-state index is 0.591. The van der Waals surface area contributed by atoms with Crippen LogP contribution in [0.2, 0.25) is 0 Å². The Kier molecular flexibility index (Phi) is 3.78. The fourth-order valence-electron chi connectivity index (χ4n) is 3.57. The zero-order chi connectivity index (χ0) is 13.2. The normalized spacial score (nSPS) is 27.7. The molecule has 0 saturated carbocycles. The van der Waals surface area contributed by atoms with Gasteiger partial charge >= 0.3 is 0 Å². The summed E-state index contributed by atoms with van der Waals surface area (Å²) in [6.07, 6.45) is 9.39. The Balaban J connectivity index is 1.66. The lowest BCUT2D eigenvalue weighted by molar-refractivity contribution is 0.192. The fraction of sp³-hybridized carbons (Fsp3) is 0.800. The number of hydrogen-bond donors (Lipinski definition) is 1. The molecule has 4 heteroatoms. The Hall–Kier alpha value is -1.03. The summed E-state index contributed by atoms with van der Waals surface area (Å²) in [5, 5.41) is 3.70. The van der Waals surface area contributed by atoms with Crippen molar-refractivity contribution in [3.8, 4) is 0 Å². The van der Waals surface area contributed by atoms with Gasteiger partial charge in [-0.05, 0) is 31.7 Å². The molecule has 3 rings (SSSR count). The Morgan fingerprint density at radius 2 is 2.21 bits per heavy atom. The molecule has 3 heterocycles. The van der Waals surface area contributed by atoms with Crippen molar-refractivity contribution >= 4 is 5.95 Å². The largest absolute Gasteiger partial charge is 0.351 e. The third kappa shape index (κ3) is 2.78. The zero-order valence-corrected chi connectivity index (χ0v) is 12.2. The summed E-state index contributed by atoms with van der Waals surface area (Å²) in [6, 6.07) is 1.33. The van der Waals surface area contributed by atoms with Crippen molar-refractivity contribution in [3.05, 3.63) is 12.4 Å². The average molecular weight is 262 g/mol. The maximum Gasteiger partial charge on any atom is 0.203 e. The van der Waals surface area contributed by atoms with Crippen LogP contribution >= 0.6 is 0 Å². The van der Waals surface area contributed by atoms with E-state index in [1.54, 1.807) is 0 Å². The van der Waals surface area contributed by atoms with E-state index in [-0.39, 0.29) is 0 Å². The van der Waals surface area contributed by atoms with E-state index in [1.807, 2.05) is 6.20 Å². The Morgan fingerprint density at radius 1 is 1.32 bits per heavy atom. The van der Waals surface area contributed by atoms with Crippen molar-refractivity contribution in [3.63, 3.8) is 0 Å². The summed E-state index contributed by atoms with van der Waals surface area (Å²) in [5.41, 5.74) is 0. The van der Waals surface area contributed by atoms with Crippen LogP contribution in [-0.2, 0) is 6.54 Å². The molecule has 0 aromatic carbocycles. The lowest BCUT2D eigenvalue weighted by Gasteiger charge is -2.32. The number of anilines is 1. The van der Waals surface area contributed by atoms with Crippen LogP contribution in [0.3, 0.4) is 0 Å². The minimum Gasteiger partial charge on any atom is -0.351 e. The van der Waals surface area contributed by atoms with E-state index in [2.05, 4.69) is 39.8 Å². The molecule has 1 aromatic heterocycles. The van der Waals surface area contributed by atoms with E-state index < -0.39 is 0 Å². The van der Waals surface area contributed by atoms with Crippen LogP contribution in [0, 0.1) is 5.92 Å². The standard InChI is InChI=1S/C15H26N4/c1-12(2)11-19-10-7-16-15(19)17-13-6-9-18-8-4-3-5-14(13)18/h7,10,12-14H,3-6,8-9,11H2,1-2H3,(H,16,17). The molecule has 4 nitrogen and oxygen atoms in total. The van der Waals surface area contributed by atoms with E-state index >= 15 is 0 Å². The second-order valence-electron chi connectivity index (χ2n) is 6.44. The van der Waals surface area contributed by atoms with Crippen molar-refractivity contribution in [2.24, 2.45) is 5.92 Å². The van der Waals surface area contributed by atoms with Crippen LogP contribution in [0.4, 0.5) is 5.95 Å². The predicted molar refractivity (Wildman–Crippen MR) is 78.3 cm³/mol. The van der Waals surface area contributed by atoms with Crippen LogP contribution in [-0.4, -0.2) is 39.6 Å². The summed E-state index contributed by atoms with van der Waals surface area (Å²) >= 11 is 0. The molecule has 0 bridgehead atoms. The van der Waals surface area contributed by atoms with Crippen LogP contribution in [0.1, 0.15) is 39.5 Å². The van der Waals surface area contributed by atoms with Gasteiger partial charge in [-0.2, -0.15) is 0 Å². The monoisotopic (exact) mass is 262 g/mol. The van der Waals surface area contributed by atoms with E-state index in [0.29, 0.717) is 12.0 Å². The number of imidazole rings is 1. The van der Waals surface area contributed by atoms with Crippen molar-refractivity contribution in [2.75, 3.05) is 18.4 Å². The van der Waals surface area contributed by atoms with Gasteiger partial charge in [-0.1, -0.05) is 20.3 Å². The molecule has 19 heavy (non-hydrogen) atoms. The first-order valence-electron chi connectivity index (χ1n) is 7.76. The Labute approximate surface area is 116 Å². The molecule has 2 saturated heterocycles.